The van der Waals surface area contributed by atoms with Crippen molar-refractivity contribution >= 4 is 50.6 Å². The summed E-state index contributed by atoms with van der Waals surface area (Å²) in [5.41, 5.74) is 2.58. The van der Waals surface area contributed by atoms with E-state index >= 15 is 0 Å². The summed E-state index contributed by atoms with van der Waals surface area (Å²) in [5, 5.41) is 4.82. The van der Waals surface area contributed by atoms with E-state index in [2.05, 4.69) is 212 Å². The Bertz CT molecular complexity index is 2130. The van der Waals surface area contributed by atoms with Crippen molar-refractivity contribution in [3.05, 3.63) is 229 Å². The molecule has 2 nitrogen and oxygen atoms in total. The van der Waals surface area contributed by atoms with Crippen LogP contribution in [0.5, 0.6) is 0 Å². The Labute approximate surface area is 349 Å². The lowest BCUT2D eigenvalue weighted by Crippen LogP contribution is -2.40. The lowest BCUT2D eigenvalue weighted by atomic mass is 9.80. The summed E-state index contributed by atoms with van der Waals surface area (Å²) in [5.74, 6) is 0.256. The molecule has 0 spiro atoms. The van der Waals surface area contributed by atoms with Crippen LogP contribution in [0.4, 0.5) is 0 Å². The Morgan fingerprint density at radius 3 is 1.19 bits per heavy atom. The van der Waals surface area contributed by atoms with Crippen LogP contribution in [-0.4, -0.2) is 46.8 Å². The molecule has 4 radical (unpaired) electrons. The van der Waals surface area contributed by atoms with Gasteiger partial charge in [-0.1, -0.05) is 164 Å². The second-order valence-corrected chi connectivity index (χ2v) is 21.9. The van der Waals surface area contributed by atoms with E-state index in [9.17, 15) is 0 Å². The largest absolute Gasteiger partial charge is 0.381 e. The van der Waals surface area contributed by atoms with E-state index in [1.807, 2.05) is 7.11 Å². The van der Waals surface area contributed by atoms with Gasteiger partial charge in [-0.15, -0.1) is 0 Å². The molecule has 1 aliphatic rings. The van der Waals surface area contributed by atoms with Gasteiger partial charge >= 0.3 is 15.1 Å². The van der Waals surface area contributed by atoms with Gasteiger partial charge in [-0.2, -0.15) is 0 Å². The van der Waals surface area contributed by atoms with Crippen LogP contribution in [0.1, 0.15) is 29.5 Å². The monoisotopic (exact) mass is 790 g/mol. The summed E-state index contributed by atoms with van der Waals surface area (Å²) < 4.78 is 14.1. The van der Waals surface area contributed by atoms with Crippen LogP contribution in [-0.2, 0) is 15.1 Å². The van der Waals surface area contributed by atoms with Gasteiger partial charge in [0.2, 0.25) is 0 Å². The topological polar surface area (TPSA) is 18.5 Å². The minimum atomic E-state index is -2.50. The van der Waals surface area contributed by atoms with Crippen molar-refractivity contribution in [3.8, 4) is 0 Å². The average Bonchev–Trinajstić information content (AvgIpc) is 3.66. The van der Waals surface area contributed by atoms with E-state index in [0.717, 1.165) is 35.7 Å². The molecule has 6 heteroatoms. The maximum atomic E-state index is 8.13. The van der Waals surface area contributed by atoms with Crippen molar-refractivity contribution < 1.29 is 9.47 Å². The molecule has 0 unspecified atom stereocenters. The minimum absolute atomic E-state index is 0.0338. The fourth-order valence-corrected chi connectivity index (χ4v) is 17.0. The van der Waals surface area contributed by atoms with Crippen LogP contribution < -0.4 is 21.2 Å². The SMILES string of the molecule is [B][P+](C[C@@H]1[C@@H](CCOC(c2ccccc2)(c2ccccc2)c2ccccc2)[C@@H](OC)C[C@@H]1[P+]([B])(c1ccccc1)c1ccccc1)(c1ccccc1)c1ccccc1. The molecule has 58 heavy (non-hydrogen) atoms. The van der Waals surface area contributed by atoms with Gasteiger partial charge in [0.15, 0.2) is 0 Å². The van der Waals surface area contributed by atoms with E-state index in [1.165, 1.54) is 21.2 Å². The van der Waals surface area contributed by atoms with E-state index in [1.54, 1.807) is 0 Å². The molecule has 0 aromatic heterocycles. The Kier molecular flexibility index (Phi) is 12.6. The molecule has 8 rings (SSSR count). The molecular weight excluding hydrogens is 740 g/mol. The summed E-state index contributed by atoms with van der Waals surface area (Å²) in [4.78, 5) is 0. The summed E-state index contributed by atoms with van der Waals surface area (Å²) in [6.45, 7) is 0.506. The highest BCUT2D eigenvalue weighted by Crippen LogP contribution is 2.67. The van der Waals surface area contributed by atoms with Crippen LogP contribution in [0, 0.1) is 11.8 Å². The number of methoxy groups -OCH3 is 1. The van der Waals surface area contributed by atoms with Crippen molar-refractivity contribution in [2.75, 3.05) is 19.9 Å². The van der Waals surface area contributed by atoms with Gasteiger partial charge in [0.05, 0.1) is 39.1 Å². The van der Waals surface area contributed by atoms with Crippen molar-refractivity contribution in [1.29, 1.82) is 0 Å². The summed E-state index contributed by atoms with van der Waals surface area (Å²) in [6, 6.07) is 75.2. The molecule has 7 aromatic carbocycles. The van der Waals surface area contributed by atoms with Crippen LogP contribution in [0.25, 0.3) is 0 Å². The molecule has 0 N–H and O–H groups in total. The summed E-state index contributed by atoms with van der Waals surface area (Å²) >= 11 is 0. The fraction of sp³-hybridized carbons (Fsp3) is 0.192. The zero-order chi connectivity index (χ0) is 39.8. The third-order valence-electron chi connectivity index (χ3n) is 12.4. The smallest absolute Gasteiger partial charge is 0.377 e. The summed E-state index contributed by atoms with van der Waals surface area (Å²) in [7, 11) is 13.1. The number of ether oxygens (including phenoxy) is 2. The van der Waals surface area contributed by atoms with Crippen molar-refractivity contribution in [1.82, 2.24) is 0 Å². The standard InChI is InChI=1S/C52H50B2O2P2/c1-55-50-39-51(58(54,46-33-19-7-20-34-46)47-35-21-8-22-36-47)49(40-57(53,44-29-15-5-16-30-44)45-31-17-6-18-32-45)48(50)37-38-56-52(41-23-9-2-10-24-41,42-25-11-3-12-26-42)43-27-13-4-14-28-43/h2-36,48-51H,37-40H2,1H3/q+2/t48-,49-,50+,51+/m1/s1. The molecule has 0 bridgehead atoms. The molecule has 284 valence electrons. The molecule has 1 aliphatic carbocycles. The van der Waals surface area contributed by atoms with Crippen LogP contribution >= 0.6 is 14.3 Å². The quantitative estimate of drug-likeness (QED) is 0.0585. The summed E-state index contributed by atoms with van der Waals surface area (Å²) in [6.07, 6.45) is 2.38. The van der Waals surface area contributed by atoms with Gasteiger partial charge in [-0.25, -0.2) is 0 Å². The van der Waals surface area contributed by atoms with Crippen molar-refractivity contribution in [2.24, 2.45) is 11.8 Å². The molecule has 0 saturated heterocycles. The second kappa shape index (κ2) is 18.2. The van der Waals surface area contributed by atoms with Gasteiger partial charge in [-0.3, -0.25) is 0 Å². The first kappa shape index (κ1) is 40.2. The van der Waals surface area contributed by atoms with Crippen LogP contribution in [0.15, 0.2) is 212 Å². The molecule has 7 aromatic rings. The van der Waals surface area contributed by atoms with Crippen LogP contribution in [0.3, 0.4) is 0 Å². The van der Waals surface area contributed by atoms with Gasteiger partial charge in [0.1, 0.15) is 5.60 Å². The Morgan fingerprint density at radius 2 is 0.828 bits per heavy atom. The van der Waals surface area contributed by atoms with Gasteiger partial charge in [-0.05, 0) is 77.6 Å². The predicted octanol–water partition coefficient (Wildman–Crippen LogP) is 9.91. The highest BCUT2D eigenvalue weighted by molar-refractivity contribution is 8.09. The van der Waals surface area contributed by atoms with E-state index in [0.29, 0.717) is 6.61 Å². The number of hydrogen-bond acceptors (Lipinski definition) is 2. The molecule has 0 amide bonds. The highest BCUT2D eigenvalue weighted by atomic mass is 31.2. The third kappa shape index (κ3) is 7.81. The normalized spacial score (nSPS) is 18.5. The lowest BCUT2D eigenvalue weighted by Gasteiger charge is -2.38. The number of hydrogen-bond donors (Lipinski definition) is 0. The molecular formula is C52H50B2O2P2+2. The maximum absolute atomic E-state index is 8.13. The van der Waals surface area contributed by atoms with Gasteiger partial charge < -0.3 is 9.47 Å². The first-order chi connectivity index (χ1) is 28.5. The second-order valence-electron chi connectivity index (χ2n) is 15.5. The van der Waals surface area contributed by atoms with Crippen molar-refractivity contribution in [2.45, 2.75) is 30.2 Å². The van der Waals surface area contributed by atoms with Crippen LogP contribution in [0.2, 0.25) is 0 Å². The highest BCUT2D eigenvalue weighted by Gasteiger charge is 2.60. The molecule has 0 heterocycles. The third-order valence-corrected chi connectivity index (χ3v) is 19.8. The zero-order valence-electron chi connectivity index (χ0n) is 33.2. The average molecular weight is 791 g/mol. The Morgan fingerprint density at radius 1 is 0.483 bits per heavy atom. The molecule has 4 atom stereocenters. The molecule has 1 saturated carbocycles. The number of rotatable bonds is 15. The first-order valence-corrected chi connectivity index (χ1v) is 24.4. The minimum Gasteiger partial charge on any atom is -0.381 e. The maximum Gasteiger partial charge on any atom is 0.377 e. The van der Waals surface area contributed by atoms with Crippen molar-refractivity contribution in [3.63, 3.8) is 0 Å². The molecule has 0 aliphatic heterocycles. The van der Waals surface area contributed by atoms with E-state index in [4.69, 9.17) is 24.6 Å². The molecule has 1 fully saturated rings. The number of benzene rings is 7. The Balaban J connectivity index is 1.25. The fourth-order valence-electron chi connectivity index (χ4n) is 9.62. The van der Waals surface area contributed by atoms with E-state index < -0.39 is 19.9 Å². The first-order valence-electron chi connectivity index (χ1n) is 20.4. The van der Waals surface area contributed by atoms with E-state index in [-0.39, 0.29) is 23.6 Å². The lowest BCUT2D eigenvalue weighted by molar-refractivity contribution is -0.0120. The Hall–Kier alpha value is -4.55. The predicted molar refractivity (Wildman–Crippen MR) is 250 cm³/mol. The zero-order valence-corrected chi connectivity index (χ0v) is 35.0. The van der Waals surface area contributed by atoms with Gasteiger partial charge in [0.25, 0.3) is 0 Å². The van der Waals surface area contributed by atoms with Gasteiger partial charge in [0, 0.05) is 40.3 Å².